The minimum atomic E-state index is -0.665. The van der Waals surface area contributed by atoms with Crippen LogP contribution in [0.4, 0.5) is 0 Å². The molecule has 0 heterocycles. The zero-order chi connectivity index (χ0) is 57.1. The number of carbonyl (C=O) groups is 2. The van der Waals surface area contributed by atoms with E-state index in [1.165, 1.54) is 340 Å². The lowest BCUT2D eigenvalue weighted by Crippen LogP contribution is -2.45. The van der Waals surface area contributed by atoms with E-state index in [-0.39, 0.29) is 18.5 Å². The predicted octanol–water partition coefficient (Wildman–Crippen LogP) is 23.5. The van der Waals surface area contributed by atoms with Crippen molar-refractivity contribution in [3.8, 4) is 0 Å². The molecule has 6 heteroatoms. The van der Waals surface area contributed by atoms with Gasteiger partial charge in [-0.1, -0.05) is 366 Å². The second-order valence-electron chi connectivity index (χ2n) is 25.3. The third kappa shape index (κ3) is 65.6. The van der Waals surface area contributed by atoms with Crippen molar-refractivity contribution < 1.29 is 24.5 Å². The average Bonchev–Trinajstić information content (AvgIpc) is 3.45. The fourth-order valence-electron chi connectivity index (χ4n) is 11.8. The Bertz CT molecular complexity index is 1190. The van der Waals surface area contributed by atoms with Gasteiger partial charge in [-0.15, -0.1) is 0 Å². The van der Waals surface area contributed by atoms with E-state index in [2.05, 4.69) is 31.3 Å². The molecule has 470 valence electrons. The van der Waals surface area contributed by atoms with Gasteiger partial charge >= 0.3 is 5.97 Å². The molecule has 2 unspecified atom stereocenters. The number of amides is 1. The molecule has 0 radical (unpaired) electrons. The Hall–Kier alpha value is -1.40. The van der Waals surface area contributed by atoms with Gasteiger partial charge < -0.3 is 20.3 Å². The van der Waals surface area contributed by atoms with Crippen LogP contribution < -0.4 is 5.32 Å². The van der Waals surface area contributed by atoms with E-state index in [1.54, 1.807) is 0 Å². The van der Waals surface area contributed by atoms with Crippen LogP contribution in [0.1, 0.15) is 418 Å². The van der Waals surface area contributed by atoms with Crippen LogP contribution in [0.15, 0.2) is 12.2 Å². The Labute approximate surface area is 495 Å². The molecule has 0 aromatic rings. The molecule has 0 fully saturated rings. The summed E-state index contributed by atoms with van der Waals surface area (Å²) in [5.41, 5.74) is 0. The Kier molecular flexibility index (Phi) is 67.9. The quantitative estimate of drug-likeness (QED) is 0.0320. The lowest BCUT2D eigenvalue weighted by Gasteiger charge is -2.22. The number of allylic oxidation sites excluding steroid dienone is 2. The van der Waals surface area contributed by atoms with Crippen LogP contribution in [-0.2, 0) is 14.3 Å². The highest BCUT2D eigenvalue weighted by Crippen LogP contribution is 2.19. The van der Waals surface area contributed by atoms with E-state index >= 15 is 0 Å². The highest BCUT2D eigenvalue weighted by molar-refractivity contribution is 5.76. The summed E-state index contributed by atoms with van der Waals surface area (Å²) in [5, 5.41) is 23.4. The summed E-state index contributed by atoms with van der Waals surface area (Å²) in [5.74, 6) is -0.0184. The molecule has 2 atom stereocenters. The Morgan fingerprint density at radius 3 is 0.899 bits per heavy atom. The molecule has 0 saturated heterocycles. The fraction of sp³-hybridized carbons (Fsp3) is 0.945. The predicted molar refractivity (Wildman–Crippen MR) is 347 cm³/mol. The van der Waals surface area contributed by atoms with Gasteiger partial charge in [0.1, 0.15) is 0 Å². The topological polar surface area (TPSA) is 95.9 Å². The van der Waals surface area contributed by atoms with Gasteiger partial charge in [0.15, 0.2) is 0 Å². The molecule has 0 spiro atoms. The molecule has 0 rings (SSSR count). The van der Waals surface area contributed by atoms with Gasteiger partial charge in [0.2, 0.25) is 5.91 Å². The lowest BCUT2D eigenvalue weighted by molar-refractivity contribution is -0.143. The Balaban J connectivity index is 3.37. The molecule has 79 heavy (non-hydrogen) atoms. The maximum atomic E-state index is 12.6. The van der Waals surface area contributed by atoms with Crippen LogP contribution in [0.5, 0.6) is 0 Å². The van der Waals surface area contributed by atoms with Gasteiger partial charge in [-0.3, -0.25) is 9.59 Å². The Morgan fingerprint density at radius 2 is 0.595 bits per heavy atom. The van der Waals surface area contributed by atoms with Crippen LogP contribution in [0.25, 0.3) is 0 Å². The van der Waals surface area contributed by atoms with E-state index in [4.69, 9.17) is 4.74 Å². The van der Waals surface area contributed by atoms with Crippen LogP contribution in [0, 0.1) is 0 Å². The van der Waals surface area contributed by atoms with Crippen LogP contribution in [0.2, 0.25) is 0 Å². The summed E-state index contributed by atoms with van der Waals surface area (Å²) in [4.78, 5) is 24.7. The number of nitrogens with one attached hydrogen (secondary N) is 1. The summed E-state index contributed by atoms with van der Waals surface area (Å²) in [7, 11) is 0. The standard InChI is InChI=1S/C73H143NO5/c1-3-5-7-9-11-13-15-17-19-21-22-23-24-27-30-34-37-41-45-49-53-57-61-65-71(76)70(69-75)74-72(77)66-62-58-54-50-46-42-38-35-31-28-25-26-29-32-36-40-44-48-52-56-60-64-68-79-73(78)67-63-59-55-51-47-43-39-33-20-18-16-14-12-10-8-6-4-2/h18,20,70-71,75-76H,3-17,19,21-69H2,1-2H3,(H,74,77)/b20-18-. The summed E-state index contributed by atoms with van der Waals surface area (Å²) in [6, 6.07) is -0.542. The van der Waals surface area contributed by atoms with Crippen LogP contribution in [-0.4, -0.2) is 47.4 Å². The molecular weight excluding hydrogens is 971 g/mol. The zero-order valence-corrected chi connectivity index (χ0v) is 53.9. The smallest absolute Gasteiger partial charge is 0.305 e. The molecule has 6 nitrogen and oxygen atoms in total. The SMILES string of the molecule is CCCCCCCC/C=C\CCCCCCCCCC(=O)OCCCCCCCCCCCCCCCCCCCCCCCCC(=O)NC(CO)C(O)CCCCCCCCCCCCCCCCCCCCCCCCC. The van der Waals surface area contributed by atoms with Crippen molar-refractivity contribution in [1.82, 2.24) is 5.32 Å². The molecule has 0 bridgehead atoms. The van der Waals surface area contributed by atoms with Crippen molar-refractivity contribution in [2.45, 2.75) is 431 Å². The minimum absolute atomic E-state index is 0.0114. The first-order valence-electron chi connectivity index (χ1n) is 36.4. The molecule has 1 amide bonds. The molecule has 0 aliphatic rings. The number of esters is 1. The number of carbonyl (C=O) groups excluding carboxylic acids is 2. The van der Waals surface area contributed by atoms with Crippen molar-refractivity contribution in [1.29, 1.82) is 0 Å². The summed E-state index contributed by atoms with van der Waals surface area (Å²) in [6.07, 6.45) is 85.5. The largest absolute Gasteiger partial charge is 0.466 e. The number of hydrogen-bond acceptors (Lipinski definition) is 5. The highest BCUT2D eigenvalue weighted by atomic mass is 16.5. The fourth-order valence-corrected chi connectivity index (χ4v) is 11.8. The molecule has 0 saturated carbocycles. The van der Waals surface area contributed by atoms with Crippen LogP contribution in [0.3, 0.4) is 0 Å². The van der Waals surface area contributed by atoms with Gasteiger partial charge in [0.25, 0.3) is 0 Å². The minimum Gasteiger partial charge on any atom is -0.466 e. The summed E-state index contributed by atoms with van der Waals surface area (Å²) < 4.78 is 5.50. The second kappa shape index (κ2) is 69.1. The molecule has 0 aliphatic heterocycles. The van der Waals surface area contributed by atoms with Crippen LogP contribution >= 0.6 is 0 Å². The van der Waals surface area contributed by atoms with Gasteiger partial charge in [-0.2, -0.15) is 0 Å². The first kappa shape index (κ1) is 77.6. The molecule has 0 aliphatic carbocycles. The zero-order valence-electron chi connectivity index (χ0n) is 53.9. The highest BCUT2D eigenvalue weighted by Gasteiger charge is 2.20. The van der Waals surface area contributed by atoms with Crippen molar-refractivity contribution in [3.63, 3.8) is 0 Å². The number of aliphatic hydroxyl groups excluding tert-OH is 2. The van der Waals surface area contributed by atoms with Gasteiger partial charge in [0.05, 0.1) is 25.4 Å². The van der Waals surface area contributed by atoms with Crippen molar-refractivity contribution in [3.05, 3.63) is 12.2 Å². The van der Waals surface area contributed by atoms with Crippen molar-refractivity contribution in [2.24, 2.45) is 0 Å². The number of aliphatic hydroxyl groups is 2. The van der Waals surface area contributed by atoms with Crippen molar-refractivity contribution in [2.75, 3.05) is 13.2 Å². The van der Waals surface area contributed by atoms with E-state index in [0.717, 1.165) is 44.9 Å². The third-order valence-corrected chi connectivity index (χ3v) is 17.3. The Morgan fingerprint density at radius 1 is 0.342 bits per heavy atom. The maximum Gasteiger partial charge on any atom is 0.305 e. The first-order chi connectivity index (χ1) is 39.0. The summed E-state index contributed by atoms with van der Waals surface area (Å²) >= 11 is 0. The average molecular weight is 1110 g/mol. The van der Waals surface area contributed by atoms with Gasteiger partial charge in [-0.25, -0.2) is 0 Å². The monoisotopic (exact) mass is 1110 g/mol. The van der Waals surface area contributed by atoms with E-state index in [0.29, 0.717) is 25.9 Å². The third-order valence-electron chi connectivity index (χ3n) is 17.3. The van der Waals surface area contributed by atoms with Gasteiger partial charge in [0, 0.05) is 12.8 Å². The van der Waals surface area contributed by atoms with E-state index in [1.807, 2.05) is 0 Å². The number of rotatable bonds is 69. The summed E-state index contributed by atoms with van der Waals surface area (Å²) in [6.45, 7) is 4.99. The number of hydrogen-bond donors (Lipinski definition) is 3. The lowest BCUT2D eigenvalue weighted by atomic mass is 10.0. The molecular formula is C73H143NO5. The maximum absolute atomic E-state index is 12.6. The molecule has 0 aromatic carbocycles. The first-order valence-corrected chi connectivity index (χ1v) is 36.4. The normalized spacial score (nSPS) is 12.5. The number of unbranched alkanes of at least 4 members (excludes halogenated alkanes) is 56. The van der Waals surface area contributed by atoms with E-state index in [9.17, 15) is 19.8 Å². The molecule has 3 N–H and O–H groups in total. The van der Waals surface area contributed by atoms with Crippen molar-refractivity contribution >= 4 is 11.9 Å². The molecule has 0 aromatic heterocycles. The number of ether oxygens (including phenoxy) is 1. The van der Waals surface area contributed by atoms with Gasteiger partial charge in [-0.05, 0) is 51.4 Å². The van der Waals surface area contributed by atoms with E-state index < -0.39 is 12.1 Å². The second-order valence-corrected chi connectivity index (χ2v) is 25.3.